The fraction of sp³-hybridized carbons (Fsp3) is 0.417. The number of carbonyl (C=O) groups is 1. The second-order valence-electron chi connectivity index (χ2n) is 3.42. The molecule has 0 fully saturated rings. The summed E-state index contributed by atoms with van der Waals surface area (Å²) in [6.45, 7) is 3.55. The molecule has 94 valence electrons. The predicted octanol–water partition coefficient (Wildman–Crippen LogP) is 2.53. The molecular formula is C12H15FO3S. The van der Waals surface area contributed by atoms with Crippen LogP contribution in [-0.4, -0.2) is 23.4 Å². The lowest BCUT2D eigenvalue weighted by atomic mass is 10.1. The van der Waals surface area contributed by atoms with Crippen molar-refractivity contribution in [1.29, 1.82) is 0 Å². The van der Waals surface area contributed by atoms with Crippen molar-refractivity contribution in [3.63, 3.8) is 0 Å². The van der Waals surface area contributed by atoms with E-state index < -0.39 is 11.9 Å². The maximum Gasteiger partial charge on any atom is 0.316 e. The summed E-state index contributed by atoms with van der Waals surface area (Å²) in [6.07, 6.45) is -0.902. The number of aliphatic hydroxyl groups is 1. The Morgan fingerprint density at radius 2 is 2.29 bits per heavy atom. The Kier molecular flexibility index (Phi) is 5.44. The summed E-state index contributed by atoms with van der Waals surface area (Å²) in [5, 5.41) is 9.48. The van der Waals surface area contributed by atoms with E-state index in [9.17, 15) is 14.3 Å². The molecule has 0 aliphatic carbocycles. The van der Waals surface area contributed by atoms with Gasteiger partial charge in [-0.25, -0.2) is 4.39 Å². The summed E-state index contributed by atoms with van der Waals surface area (Å²) in [4.78, 5) is 11.7. The number of rotatable bonds is 5. The predicted molar refractivity (Wildman–Crippen MR) is 64.4 cm³/mol. The molecule has 0 spiro atoms. The van der Waals surface area contributed by atoms with Crippen molar-refractivity contribution in [2.75, 3.05) is 12.4 Å². The van der Waals surface area contributed by atoms with Gasteiger partial charge in [-0.05, 0) is 26.0 Å². The van der Waals surface area contributed by atoms with E-state index in [1.165, 1.54) is 13.0 Å². The van der Waals surface area contributed by atoms with E-state index in [4.69, 9.17) is 4.74 Å². The summed E-state index contributed by atoms with van der Waals surface area (Å²) < 4.78 is 18.3. The van der Waals surface area contributed by atoms with Gasteiger partial charge >= 0.3 is 5.97 Å². The minimum absolute atomic E-state index is 0.108. The second-order valence-corrected chi connectivity index (χ2v) is 4.44. The largest absolute Gasteiger partial charge is 0.465 e. The zero-order valence-electron chi connectivity index (χ0n) is 9.77. The number of hydrogen-bond donors (Lipinski definition) is 1. The van der Waals surface area contributed by atoms with Crippen molar-refractivity contribution < 1.29 is 19.0 Å². The molecule has 1 N–H and O–H groups in total. The first-order valence-corrected chi connectivity index (χ1v) is 6.29. The van der Waals surface area contributed by atoms with Gasteiger partial charge in [0.1, 0.15) is 5.82 Å². The molecule has 0 bridgehead atoms. The highest BCUT2D eigenvalue weighted by Gasteiger charge is 2.14. The van der Waals surface area contributed by atoms with Gasteiger partial charge in [0.25, 0.3) is 0 Å². The number of halogens is 1. The third kappa shape index (κ3) is 4.02. The van der Waals surface area contributed by atoms with Crippen LogP contribution in [0, 0.1) is 5.82 Å². The number of thioether (sulfide) groups is 1. The van der Waals surface area contributed by atoms with Crippen molar-refractivity contribution in [1.82, 2.24) is 0 Å². The number of esters is 1. The zero-order valence-corrected chi connectivity index (χ0v) is 10.6. The molecule has 1 aromatic carbocycles. The minimum atomic E-state index is -0.902. The number of carbonyl (C=O) groups excluding carboxylic acids is 1. The lowest BCUT2D eigenvalue weighted by molar-refractivity contribution is -0.139. The van der Waals surface area contributed by atoms with E-state index in [1.54, 1.807) is 19.1 Å². The fourth-order valence-corrected chi connectivity index (χ4v) is 2.34. The molecule has 5 heteroatoms. The normalized spacial score (nSPS) is 12.2. The van der Waals surface area contributed by atoms with E-state index in [2.05, 4.69) is 0 Å². The SMILES string of the molecule is CCOC(=O)CSc1cccc(F)c1[C@@H](C)O. The van der Waals surface area contributed by atoms with Crippen LogP contribution in [0.1, 0.15) is 25.5 Å². The molecule has 0 aromatic heterocycles. The van der Waals surface area contributed by atoms with E-state index in [0.29, 0.717) is 11.5 Å². The van der Waals surface area contributed by atoms with Crippen LogP contribution in [0.3, 0.4) is 0 Å². The maximum absolute atomic E-state index is 13.5. The third-order valence-corrected chi connectivity index (χ3v) is 3.13. The van der Waals surface area contributed by atoms with E-state index in [0.717, 1.165) is 11.8 Å². The highest BCUT2D eigenvalue weighted by atomic mass is 32.2. The van der Waals surface area contributed by atoms with Crippen LogP contribution in [0.15, 0.2) is 23.1 Å². The van der Waals surface area contributed by atoms with E-state index in [-0.39, 0.29) is 17.3 Å². The number of benzene rings is 1. The van der Waals surface area contributed by atoms with Crippen molar-refractivity contribution in [2.45, 2.75) is 24.8 Å². The zero-order chi connectivity index (χ0) is 12.8. The quantitative estimate of drug-likeness (QED) is 0.651. The first-order chi connectivity index (χ1) is 8.06. The van der Waals surface area contributed by atoms with Gasteiger partial charge in [0.05, 0.1) is 18.5 Å². The molecular weight excluding hydrogens is 243 g/mol. The van der Waals surface area contributed by atoms with Gasteiger partial charge in [-0.15, -0.1) is 11.8 Å². The third-order valence-electron chi connectivity index (χ3n) is 2.08. The highest BCUT2D eigenvalue weighted by Crippen LogP contribution is 2.29. The number of hydrogen-bond acceptors (Lipinski definition) is 4. The summed E-state index contributed by atoms with van der Waals surface area (Å²) >= 11 is 1.16. The van der Waals surface area contributed by atoms with Gasteiger partial charge in [0, 0.05) is 10.5 Å². The van der Waals surface area contributed by atoms with Crippen LogP contribution < -0.4 is 0 Å². The molecule has 0 radical (unpaired) electrons. The molecule has 0 aliphatic heterocycles. The van der Waals surface area contributed by atoms with Gasteiger partial charge in [0.15, 0.2) is 0 Å². The molecule has 0 aliphatic rings. The van der Waals surface area contributed by atoms with Crippen LogP contribution >= 0.6 is 11.8 Å². The molecule has 0 unspecified atom stereocenters. The van der Waals surface area contributed by atoms with Crippen LogP contribution in [-0.2, 0) is 9.53 Å². The Labute approximate surface area is 104 Å². The Morgan fingerprint density at radius 1 is 1.59 bits per heavy atom. The molecule has 0 saturated carbocycles. The number of ether oxygens (including phenoxy) is 1. The molecule has 1 aromatic rings. The molecule has 17 heavy (non-hydrogen) atoms. The average Bonchev–Trinajstić information content (AvgIpc) is 2.26. The monoisotopic (exact) mass is 258 g/mol. The lowest BCUT2D eigenvalue weighted by Gasteiger charge is -2.12. The summed E-state index contributed by atoms with van der Waals surface area (Å²) in [5.74, 6) is -0.705. The van der Waals surface area contributed by atoms with Crippen molar-refractivity contribution in [2.24, 2.45) is 0 Å². The summed E-state index contributed by atoms with van der Waals surface area (Å²) in [6, 6.07) is 4.51. The van der Waals surface area contributed by atoms with Gasteiger partial charge < -0.3 is 9.84 Å². The fourth-order valence-electron chi connectivity index (χ4n) is 1.39. The average molecular weight is 258 g/mol. The Balaban J connectivity index is 2.77. The first kappa shape index (κ1) is 14.0. The van der Waals surface area contributed by atoms with Crippen LogP contribution in [0.25, 0.3) is 0 Å². The van der Waals surface area contributed by atoms with Gasteiger partial charge in [-0.2, -0.15) is 0 Å². The van der Waals surface area contributed by atoms with E-state index in [1.807, 2.05) is 0 Å². The molecule has 1 atom stereocenters. The molecule has 3 nitrogen and oxygen atoms in total. The second kappa shape index (κ2) is 6.61. The van der Waals surface area contributed by atoms with Crippen LogP contribution in [0.5, 0.6) is 0 Å². The van der Waals surface area contributed by atoms with Crippen LogP contribution in [0.2, 0.25) is 0 Å². The van der Waals surface area contributed by atoms with Crippen molar-refractivity contribution in [3.8, 4) is 0 Å². The Morgan fingerprint density at radius 3 is 2.88 bits per heavy atom. The summed E-state index contributed by atoms with van der Waals surface area (Å²) in [7, 11) is 0. The lowest BCUT2D eigenvalue weighted by Crippen LogP contribution is -2.07. The van der Waals surface area contributed by atoms with Gasteiger partial charge in [-0.3, -0.25) is 4.79 Å². The Bertz CT molecular complexity index is 393. The first-order valence-electron chi connectivity index (χ1n) is 5.31. The van der Waals surface area contributed by atoms with Crippen molar-refractivity contribution in [3.05, 3.63) is 29.6 Å². The number of aliphatic hydroxyl groups excluding tert-OH is 1. The highest BCUT2D eigenvalue weighted by molar-refractivity contribution is 8.00. The minimum Gasteiger partial charge on any atom is -0.465 e. The maximum atomic E-state index is 13.5. The topological polar surface area (TPSA) is 46.5 Å². The van der Waals surface area contributed by atoms with Gasteiger partial charge in [-0.1, -0.05) is 6.07 Å². The smallest absolute Gasteiger partial charge is 0.316 e. The molecule has 0 saturated heterocycles. The van der Waals surface area contributed by atoms with Crippen LogP contribution in [0.4, 0.5) is 4.39 Å². The van der Waals surface area contributed by atoms with Gasteiger partial charge in [0.2, 0.25) is 0 Å². The molecule has 0 heterocycles. The summed E-state index contributed by atoms with van der Waals surface area (Å²) in [5.41, 5.74) is 0.224. The molecule has 0 amide bonds. The van der Waals surface area contributed by atoms with E-state index >= 15 is 0 Å². The standard InChI is InChI=1S/C12H15FO3S/c1-3-16-11(15)7-17-10-6-4-5-9(13)12(10)8(2)14/h4-6,8,14H,3,7H2,1-2H3/t8-/m1/s1. The Hall–Kier alpha value is -1.07. The van der Waals surface area contributed by atoms with Crippen molar-refractivity contribution >= 4 is 17.7 Å². The molecule has 1 rings (SSSR count).